The molecule has 1 aromatic heterocycles. The average molecular weight is 493 g/mol. The second-order valence-electron chi connectivity index (χ2n) is 7.53. The molecule has 0 saturated carbocycles. The Kier molecular flexibility index (Phi) is 7.06. The third-order valence-electron chi connectivity index (χ3n) is 5.35. The third kappa shape index (κ3) is 5.23. The van der Waals surface area contributed by atoms with Gasteiger partial charge >= 0.3 is 0 Å². The Balaban J connectivity index is 1.70. The molecule has 0 radical (unpaired) electrons. The van der Waals surface area contributed by atoms with Gasteiger partial charge in [-0.25, -0.2) is 8.42 Å². The fourth-order valence-electron chi connectivity index (χ4n) is 3.72. The van der Waals surface area contributed by atoms with Gasteiger partial charge in [0.15, 0.2) is 5.82 Å². The smallest absolute Gasteiger partial charge is 0.243 e. The van der Waals surface area contributed by atoms with E-state index in [1.54, 1.807) is 47.0 Å². The molecule has 1 aliphatic rings. The number of ether oxygens (including phenoxy) is 3. The summed E-state index contributed by atoms with van der Waals surface area (Å²) in [5, 5.41) is 9.02. The van der Waals surface area contributed by atoms with Gasteiger partial charge in [-0.05, 0) is 49.1 Å². The predicted molar refractivity (Wildman–Crippen MR) is 125 cm³/mol. The Labute approximate surface area is 197 Å². The largest absolute Gasteiger partial charge is 0.494 e. The quantitative estimate of drug-likeness (QED) is 0.484. The van der Waals surface area contributed by atoms with Crippen LogP contribution in [0.1, 0.15) is 30.3 Å². The first-order chi connectivity index (χ1) is 15.9. The molecule has 3 aromatic rings. The van der Waals surface area contributed by atoms with Crippen molar-refractivity contribution in [3.8, 4) is 17.2 Å². The van der Waals surface area contributed by atoms with E-state index < -0.39 is 10.0 Å². The van der Waals surface area contributed by atoms with Gasteiger partial charge in [-0.15, -0.1) is 10.2 Å². The molecule has 9 nitrogen and oxygen atoms in total. The molecule has 0 amide bonds. The fourth-order valence-corrected chi connectivity index (χ4v) is 4.86. The van der Waals surface area contributed by atoms with E-state index in [4.69, 9.17) is 25.8 Å². The van der Waals surface area contributed by atoms with Crippen LogP contribution in [-0.2, 0) is 21.2 Å². The number of halogens is 1. The highest BCUT2D eigenvalue weighted by Crippen LogP contribution is 2.38. The summed E-state index contributed by atoms with van der Waals surface area (Å²) in [6.07, 6.45) is 1.62. The second-order valence-corrected chi connectivity index (χ2v) is 9.81. The maximum Gasteiger partial charge on any atom is 0.243 e. The number of para-hydroxylation sites is 1. The normalized spacial score (nSPS) is 16.0. The van der Waals surface area contributed by atoms with Gasteiger partial charge in [0.25, 0.3) is 0 Å². The number of aryl methyl sites for hydroxylation is 1. The van der Waals surface area contributed by atoms with E-state index in [0.717, 1.165) is 18.4 Å². The Bertz CT molecular complexity index is 1190. The molecule has 11 heteroatoms. The number of methoxy groups -OCH3 is 2. The molecule has 1 N–H and O–H groups in total. The lowest BCUT2D eigenvalue weighted by molar-refractivity contribution is 0.103. The number of aromatic nitrogens is 3. The Morgan fingerprint density at radius 2 is 1.82 bits per heavy atom. The molecule has 33 heavy (non-hydrogen) atoms. The molecule has 0 spiro atoms. The number of nitrogens with zero attached hydrogens (tertiary/aromatic N) is 3. The van der Waals surface area contributed by atoms with E-state index in [-0.39, 0.29) is 17.8 Å². The van der Waals surface area contributed by atoms with Gasteiger partial charge in [0, 0.05) is 11.6 Å². The first-order valence-electron chi connectivity index (χ1n) is 10.4. The van der Waals surface area contributed by atoms with Gasteiger partial charge in [0.1, 0.15) is 23.3 Å². The van der Waals surface area contributed by atoms with Crippen LogP contribution in [0.3, 0.4) is 0 Å². The lowest BCUT2D eigenvalue weighted by atomic mass is 10.2. The number of benzene rings is 2. The molecule has 176 valence electrons. The summed E-state index contributed by atoms with van der Waals surface area (Å²) < 4.78 is 47.0. The first-order valence-corrected chi connectivity index (χ1v) is 12.5. The van der Waals surface area contributed by atoms with Crippen LogP contribution < -0.4 is 14.2 Å². The summed E-state index contributed by atoms with van der Waals surface area (Å²) in [7, 11) is -0.687. The third-order valence-corrected chi connectivity index (χ3v) is 6.84. The van der Waals surface area contributed by atoms with Crippen LogP contribution in [-0.4, -0.2) is 49.8 Å². The SMILES string of the molecule is COc1cccc(OC)c1-n1c(NS(=O)(=O)CCc2ccc(Cl)cc2)nnc1[C@H]1CCCO1. The zero-order chi connectivity index (χ0) is 23.4. The maximum atomic E-state index is 13.0. The molecule has 1 saturated heterocycles. The standard InChI is InChI=1S/C22H25ClN4O5S/c1-30-17-5-3-6-18(31-2)20(17)27-21(19-7-4-13-32-19)24-25-22(27)26-33(28,29)14-12-15-8-10-16(23)11-9-15/h3,5-6,8-11,19H,4,7,12-14H2,1-2H3,(H,25,26)/t19-/m1/s1. The number of anilines is 1. The minimum Gasteiger partial charge on any atom is -0.494 e. The zero-order valence-corrected chi connectivity index (χ0v) is 19.9. The van der Waals surface area contributed by atoms with Crippen molar-refractivity contribution in [2.75, 3.05) is 31.3 Å². The highest BCUT2D eigenvalue weighted by Gasteiger charge is 2.30. The topological polar surface area (TPSA) is 105 Å². The van der Waals surface area contributed by atoms with Crippen LogP contribution in [0.2, 0.25) is 5.02 Å². The monoisotopic (exact) mass is 492 g/mol. The number of nitrogens with one attached hydrogen (secondary N) is 1. The second kappa shape index (κ2) is 9.98. The molecule has 4 rings (SSSR count). The highest BCUT2D eigenvalue weighted by atomic mass is 35.5. The van der Waals surface area contributed by atoms with Crippen molar-refractivity contribution in [1.29, 1.82) is 0 Å². The molecular formula is C22H25ClN4O5S. The number of hydrogen-bond donors (Lipinski definition) is 1. The van der Waals surface area contributed by atoms with Gasteiger partial charge < -0.3 is 14.2 Å². The van der Waals surface area contributed by atoms with Gasteiger partial charge in [0.05, 0.1) is 20.0 Å². The average Bonchev–Trinajstić information content (AvgIpc) is 3.48. The highest BCUT2D eigenvalue weighted by molar-refractivity contribution is 7.92. The van der Waals surface area contributed by atoms with E-state index in [0.29, 0.717) is 41.1 Å². The molecule has 1 atom stereocenters. The van der Waals surface area contributed by atoms with Crippen molar-refractivity contribution < 1.29 is 22.6 Å². The molecule has 2 heterocycles. The lowest BCUT2D eigenvalue weighted by Crippen LogP contribution is -2.21. The Morgan fingerprint density at radius 3 is 2.42 bits per heavy atom. The van der Waals surface area contributed by atoms with E-state index in [1.807, 2.05) is 0 Å². The molecule has 0 unspecified atom stereocenters. The van der Waals surface area contributed by atoms with Gasteiger partial charge in [0.2, 0.25) is 16.0 Å². The minimum atomic E-state index is -3.75. The van der Waals surface area contributed by atoms with Crippen molar-refractivity contribution in [2.45, 2.75) is 25.4 Å². The molecule has 0 aliphatic carbocycles. The minimum absolute atomic E-state index is 0.0411. The molecule has 2 aromatic carbocycles. The van der Waals surface area contributed by atoms with E-state index >= 15 is 0 Å². The van der Waals surface area contributed by atoms with Gasteiger partial charge in [-0.3, -0.25) is 9.29 Å². The van der Waals surface area contributed by atoms with Crippen molar-refractivity contribution in [3.63, 3.8) is 0 Å². The number of hydrogen-bond acceptors (Lipinski definition) is 7. The van der Waals surface area contributed by atoms with Crippen LogP contribution >= 0.6 is 11.6 Å². The summed E-state index contributed by atoms with van der Waals surface area (Å²) in [6, 6.07) is 12.4. The number of rotatable bonds is 9. The van der Waals surface area contributed by atoms with Crippen LogP contribution in [0.25, 0.3) is 5.69 Å². The van der Waals surface area contributed by atoms with E-state index in [1.165, 1.54) is 14.2 Å². The van der Waals surface area contributed by atoms with Crippen LogP contribution in [0.5, 0.6) is 11.5 Å². The van der Waals surface area contributed by atoms with E-state index in [2.05, 4.69) is 14.9 Å². The maximum absolute atomic E-state index is 13.0. The van der Waals surface area contributed by atoms with Crippen molar-refractivity contribution in [2.24, 2.45) is 0 Å². The summed E-state index contributed by atoms with van der Waals surface area (Å²) in [4.78, 5) is 0. The van der Waals surface area contributed by atoms with Gasteiger partial charge in [-0.1, -0.05) is 29.8 Å². The summed E-state index contributed by atoms with van der Waals surface area (Å²) in [5.74, 6) is 1.34. The summed E-state index contributed by atoms with van der Waals surface area (Å²) in [6.45, 7) is 0.600. The zero-order valence-electron chi connectivity index (χ0n) is 18.3. The fraction of sp³-hybridized carbons (Fsp3) is 0.364. The van der Waals surface area contributed by atoms with Crippen LogP contribution in [0, 0.1) is 0 Å². The lowest BCUT2D eigenvalue weighted by Gasteiger charge is -2.19. The van der Waals surface area contributed by atoms with Crippen LogP contribution in [0.15, 0.2) is 42.5 Å². The molecule has 1 fully saturated rings. The summed E-state index contributed by atoms with van der Waals surface area (Å²) in [5.41, 5.74) is 1.35. The number of sulfonamides is 1. The molecule has 1 aliphatic heterocycles. The molecular weight excluding hydrogens is 468 g/mol. The van der Waals surface area contributed by atoms with Crippen molar-refractivity contribution in [3.05, 3.63) is 58.9 Å². The predicted octanol–water partition coefficient (Wildman–Crippen LogP) is 3.77. The van der Waals surface area contributed by atoms with Gasteiger partial charge in [-0.2, -0.15) is 0 Å². The van der Waals surface area contributed by atoms with Crippen molar-refractivity contribution in [1.82, 2.24) is 14.8 Å². The van der Waals surface area contributed by atoms with Crippen LogP contribution in [0.4, 0.5) is 5.95 Å². The molecule has 0 bridgehead atoms. The van der Waals surface area contributed by atoms with E-state index in [9.17, 15) is 8.42 Å². The Morgan fingerprint density at radius 1 is 1.12 bits per heavy atom. The Hall–Kier alpha value is -2.82. The van der Waals surface area contributed by atoms with Crippen molar-refractivity contribution >= 4 is 27.6 Å². The summed E-state index contributed by atoms with van der Waals surface area (Å²) >= 11 is 5.91. The first kappa shape index (κ1) is 23.3.